The summed E-state index contributed by atoms with van der Waals surface area (Å²) < 4.78 is 0.682. The first-order chi connectivity index (χ1) is 12.5. The zero-order chi connectivity index (χ0) is 19.6. The summed E-state index contributed by atoms with van der Waals surface area (Å²) in [6.45, 7) is 7.41. The second-order valence-corrected chi connectivity index (χ2v) is 11.5. The molecule has 0 aliphatic heterocycles. The number of rotatable bonds is 2. The van der Waals surface area contributed by atoms with Crippen LogP contribution in [0.5, 0.6) is 0 Å². The van der Waals surface area contributed by atoms with Crippen LogP contribution in [0.4, 0.5) is 0 Å². The first-order valence-electron chi connectivity index (χ1n) is 11.3. The summed E-state index contributed by atoms with van der Waals surface area (Å²) in [5, 5.41) is 15.2. The summed E-state index contributed by atoms with van der Waals surface area (Å²) in [5.74, 6) is 3.18. The molecule has 3 fully saturated rings. The minimum Gasteiger partial charge on any atom is -1.00 e. The van der Waals surface area contributed by atoms with Crippen LogP contribution >= 0.6 is 0 Å². The molecule has 4 aliphatic carbocycles. The van der Waals surface area contributed by atoms with Gasteiger partial charge in [-0.15, -0.1) is 0 Å². The van der Waals surface area contributed by atoms with E-state index in [0.717, 1.165) is 30.6 Å². The molecular formula is C24H41IN2O. The SMILES string of the molecule is C/C(=N/[N+](C)(C)C)[C@H]1CC[C@H]2[C@@H]3CC=C4C[C@H](O)CC[C@]4(C)[C@H]3CC[C@]12C.[I-]. The highest BCUT2D eigenvalue weighted by atomic mass is 127. The topological polar surface area (TPSA) is 32.6 Å². The van der Waals surface area contributed by atoms with Crippen LogP contribution in [-0.2, 0) is 0 Å². The minimum atomic E-state index is -0.0972. The third-order valence-corrected chi connectivity index (χ3v) is 9.04. The number of aliphatic hydroxyl groups excluding tert-OH is 1. The largest absolute Gasteiger partial charge is 1.00 e. The van der Waals surface area contributed by atoms with Crippen LogP contribution in [0.2, 0.25) is 0 Å². The van der Waals surface area contributed by atoms with Crippen LogP contribution in [0.3, 0.4) is 0 Å². The van der Waals surface area contributed by atoms with E-state index in [9.17, 15) is 5.11 Å². The van der Waals surface area contributed by atoms with Gasteiger partial charge in [0.2, 0.25) is 0 Å². The first-order valence-corrected chi connectivity index (χ1v) is 11.3. The lowest BCUT2D eigenvalue weighted by molar-refractivity contribution is -0.877. The quantitative estimate of drug-likeness (QED) is 0.203. The van der Waals surface area contributed by atoms with Gasteiger partial charge < -0.3 is 29.1 Å². The van der Waals surface area contributed by atoms with Gasteiger partial charge >= 0.3 is 0 Å². The van der Waals surface area contributed by atoms with Gasteiger partial charge in [0.25, 0.3) is 0 Å². The third-order valence-electron chi connectivity index (χ3n) is 9.04. The summed E-state index contributed by atoms with van der Waals surface area (Å²) in [5.41, 5.74) is 3.75. The molecule has 28 heavy (non-hydrogen) atoms. The zero-order valence-corrected chi connectivity index (χ0v) is 21.0. The van der Waals surface area contributed by atoms with Crippen LogP contribution in [0.15, 0.2) is 16.8 Å². The fraction of sp³-hybridized carbons (Fsp3) is 0.875. The Morgan fingerprint density at radius 2 is 1.79 bits per heavy atom. The molecule has 0 spiro atoms. The van der Waals surface area contributed by atoms with Gasteiger partial charge in [-0.25, -0.2) is 4.59 Å². The number of allylic oxidation sites excluding steroid dienone is 1. The van der Waals surface area contributed by atoms with E-state index in [2.05, 4.69) is 48.0 Å². The molecule has 4 heteroatoms. The molecule has 4 rings (SSSR count). The number of hydrogen-bond acceptors (Lipinski definition) is 2. The van der Waals surface area contributed by atoms with E-state index >= 15 is 0 Å². The van der Waals surface area contributed by atoms with Crippen molar-refractivity contribution >= 4 is 5.71 Å². The van der Waals surface area contributed by atoms with Crippen molar-refractivity contribution in [2.24, 2.45) is 39.6 Å². The molecule has 0 aromatic heterocycles. The Morgan fingerprint density at radius 1 is 1.07 bits per heavy atom. The second-order valence-electron chi connectivity index (χ2n) is 11.5. The molecule has 0 heterocycles. The normalized spacial score (nSPS) is 46.0. The predicted molar refractivity (Wildman–Crippen MR) is 112 cm³/mol. The Kier molecular flexibility index (Phi) is 6.20. The number of fused-ring (bicyclic) bond motifs is 5. The number of hydrogen-bond donors (Lipinski definition) is 1. The van der Waals surface area contributed by atoms with E-state index in [4.69, 9.17) is 5.10 Å². The summed E-state index contributed by atoms with van der Waals surface area (Å²) in [6, 6.07) is 0. The highest BCUT2D eigenvalue weighted by molar-refractivity contribution is 5.85. The Hall–Kier alpha value is 0.0600. The number of quaternary nitrogens is 1. The molecule has 0 unspecified atom stereocenters. The molecule has 0 amide bonds. The average Bonchev–Trinajstić information content (AvgIpc) is 2.91. The van der Waals surface area contributed by atoms with Gasteiger partial charge in [0, 0.05) is 5.92 Å². The van der Waals surface area contributed by atoms with Crippen molar-refractivity contribution in [3.63, 3.8) is 0 Å². The van der Waals surface area contributed by atoms with Gasteiger partial charge in [0.05, 0.1) is 33.0 Å². The molecule has 0 radical (unpaired) electrons. The van der Waals surface area contributed by atoms with Gasteiger partial charge in [-0.3, -0.25) is 0 Å². The number of halogens is 1. The van der Waals surface area contributed by atoms with E-state index < -0.39 is 0 Å². The lowest BCUT2D eigenvalue weighted by Crippen LogP contribution is -3.00. The van der Waals surface area contributed by atoms with E-state index in [0.29, 0.717) is 21.3 Å². The van der Waals surface area contributed by atoms with Gasteiger partial charge in [0.15, 0.2) is 0 Å². The van der Waals surface area contributed by atoms with E-state index in [-0.39, 0.29) is 30.1 Å². The van der Waals surface area contributed by atoms with E-state index in [1.54, 1.807) is 5.57 Å². The summed E-state index contributed by atoms with van der Waals surface area (Å²) in [4.78, 5) is 0. The molecule has 0 bridgehead atoms. The highest BCUT2D eigenvalue weighted by Crippen LogP contribution is 2.66. The molecule has 3 nitrogen and oxygen atoms in total. The molecular weight excluding hydrogens is 459 g/mol. The Balaban J connectivity index is 0.00000225. The molecule has 0 aromatic rings. The van der Waals surface area contributed by atoms with Crippen molar-refractivity contribution < 1.29 is 33.7 Å². The lowest BCUT2D eigenvalue weighted by Gasteiger charge is -2.58. The van der Waals surface area contributed by atoms with Crippen LogP contribution < -0.4 is 24.0 Å². The van der Waals surface area contributed by atoms with Gasteiger partial charge in [-0.05, 0) is 86.9 Å². The summed E-state index contributed by atoms with van der Waals surface area (Å²) >= 11 is 0. The van der Waals surface area contributed by atoms with Gasteiger partial charge in [-0.2, -0.15) is 0 Å². The minimum absolute atomic E-state index is 0. The summed E-state index contributed by atoms with van der Waals surface area (Å²) in [6.07, 6.45) is 12.3. The van der Waals surface area contributed by atoms with Crippen molar-refractivity contribution in [1.29, 1.82) is 0 Å². The Labute approximate surface area is 189 Å². The zero-order valence-electron chi connectivity index (χ0n) is 18.8. The molecule has 3 saturated carbocycles. The van der Waals surface area contributed by atoms with Crippen LogP contribution in [-0.4, -0.2) is 42.7 Å². The second kappa shape index (κ2) is 7.64. The monoisotopic (exact) mass is 500 g/mol. The fourth-order valence-corrected chi connectivity index (χ4v) is 7.87. The smallest absolute Gasteiger partial charge is 0.0923 e. The van der Waals surface area contributed by atoms with Crippen molar-refractivity contribution in [1.82, 2.24) is 0 Å². The average molecular weight is 501 g/mol. The van der Waals surface area contributed by atoms with Crippen LogP contribution in [0, 0.1) is 34.5 Å². The third kappa shape index (κ3) is 3.64. The molecule has 0 aromatic carbocycles. The number of nitrogens with zero attached hydrogens (tertiary/aromatic N) is 2. The van der Waals surface area contributed by atoms with Crippen molar-refractivity contribution in [2.45, 2.75) is 78.2 Å². The maximum atomic E-state index is 10.2. The maximum absolute atomic E-state index is 10.2. The van der Waals surface area contributed by atoms with Crippen molar-refractivity contribution in [3.05, 3.63) is 11.6 Å². The van der Waals surface area contributed by atoms with E-state index in [1.807, 2.05) is 0 Å². The van der Waals surface area contributed by atoms with Crippen molar-refractivity contribution in [3.8, 4) is 0 Å². The molecule has 1 N–H and O–H groups in total. The fourth-order valence-electron chi connectivity index (χ4n) is 7.87. The van der Waals surface area contributed by atoms with Crippen molar-refractivity contribution in [2.75, 3.05) is 21.1 Å². The van der Waals surface area contributed by atoms with Crippen LogP contribution in [0.25, 0.3) is 0 Å². The van der Waals surface area contributed by atoms with Gasteiger partial charge in [-0.1, -0.05) is 30.6 Å². The van der Waals surface area contributed by atoms with Crippen LogP contribution in [0.1, 0.15) is 72.1 Å². The molecule has 0 saturated heterocycles. The Bertz CT molecular complexity index is 666. The highest BCUT2D eigenvalue weighted by Gasteiger charge is 2.59. The first kappa shape index (κ1) is 22.7. The predicted octanol–water partition coefficient (Wildman–Crippen LogP) is 2.01. The maximum Gasteiger partial charge on any atom is 0.0923 e. The van der Waals surface area contributed by atoms with E-state index in [1.165, 1.54) is 44.2 Å². The molecule has 160 valence electrons. The standard InChI is InChI=1S/C24H41N2O.HI/c1-16(25-26(4,5)6)20-9-10-21-19-8-7-17-15-18(27)11-13-23(17,2)22(19)12-14-24(20,21)3;/h7,18-22,27H,8-15H2,1-6H3;1H/q+1;/p-1/b25-16-;/t18-,19+,20-,21+,22+,23+,24-;/m1./s1. The summed E-state index contributed by atoms with van der Waals surface area (Å²) in [7, 11) is 6.50. The Morgan fingerprint density at radius 3 is 2.46 bits per heavy atom. The van der Waals surface area contributed by atoms with Gasteiger partial charge in [0.1, 0.15) is 0 Å². The molecule has 4 aliphatic rings. The molecule has 7 atom stereocenters. The number of aliphatic hydroxyl groups is 1. The lowest BCUT2D eigenvalue weighted by atomic mass is 9.47.